The Bertz CT molecular complexity index is 207. The molecule has 0 spiro atoms. The van der Waals surface area contributed by atoms with Crippen LogP contribution in [0.15, 0.2) is 0 Å². The molecule has 7 heteroatoms. The maximum Gasteiger partial charge on any atom is 0.157 e. The Morgan fingerprint density at radius 2 is 1.17 bits per heavy atom. The minimum atomic E-state index is -0.248. The zero-order valence-electron chi connectivity index (χ0n) is 14.1. The first-order valence-corrected chi connectivity index (χ1v) is 9.63. The van der Waals surface area contributed by atoms with Crippen molar-refractivity contribution < 1.29 is 29.2 Å². The molecule has 6 nitrogen and oxygen atoms in total. The average Bonchev–Trinajstić information content (AvgIpc) is 2.56. The highest BCUT2D eigenvalue weighted by Gasteiger charge is 2.09. The van der Waals surface area contributed by atoms with Crippen molar-refractivity contribution in [1.29, 1.82) is 0 Å². The molecule has 0 radical (unpaired) electrons. The van der Waals surface area contributed by atoms with Crippen LogP contribution in [0, 0.1) is 0 Å². The predicted octanol–water partition coefficient (Wildman–Crippen LogP) is 2.10. The van der Waals surface area contributed by atoms with E-state index in [9.17, 15) is 0 Å². The zero-order valence-corrected chi connectivity index (χ0v) is 15.7. The zero-order chi connectivity index (χ0) is 17.0. The van der Waals surface area contributed by atoms with Gasteiger partial charge in [0.05, 0.1) is 52.9 Å². The molecule has 140 valence electrons. The number of halogens is 1. The Morgan fingerprint density at radius 1 is 0.652 bits per heavy atom. The first-order valence-electron chi connectivity index (χ1n) is 8.51. The average molecular weight is 401 g/mol. The summed E-state index contributed by atoms with van der Waals surface area (Å²) < 4.78 is 21.7. The van der Waals surface area contributed by atoms with Crippen molar-refractivity contribution in [3.63, 3.8) is 0 Å². The van der Waals surface area contributed by atoms with Crippen molar-refractivity contribution in [1.82, 2.24) is 0 Å². The summed E-state index contributed by atoms with van der Waals surface area (Å²) in [5.74, 6) is 0. The van der Waals surface area contributed by atoms with Crippen LogP contribution in [0.2, 0.25) is 0 Å². The van der Waals surface area contributed by atoms with Gasteiger partial charge in [0.15, 0.2) is 6.29 Å². The lowest BCUT2D eigenvalue weighted by molar-refractivity contribution is -0.162. The van der Waals surface area contributed by atoms with Crippen LogP contribution < -0.4 is 0 Å². The number of aliphatic hydroxyl groups excluding tert-OH is 2. The molecule has 0 aliphatic carbocycles. The van der Waals surface area contributed by atoms with Crippen LogP contribution in [-0.2, 0) is 18.9 Å². The lowest BCUT2D eigenvalue weighted by Gasteiger charge is -2.19. The lowest BCUT2D eigenvalue weighted by Crippen LogP contribution is -2.22. The highest BCUT2D eigenvalue weighted by Crippen LogP contribution is 2.11. The van der Waals surface area contributed by atoms with Crippen LogP contribution in [0.1, 0.15) is 38.5 Å². The molecule has 0 heterocycles. The quantitative estimate of drug-likeness (QED) is 0.196. The second-order valence-electron chi connectivity index (χ2n) is 5.09. The predicted molar refractivity (Wildman–Crippen MR) is 93.0 cm³/mol. The van der Waals surface area contributed by atoms with Gasteiger partial charge in [0, 0.05) is 5.33 Å². The molecule has 0 aliphatic heterocycles. The first-order chi connectivity index (χ1) is 11.3. The van der Waals surface area contributed by atoms with E-state index < -0.39 is 0 Å². The third kappa shape index (κ3) is 18.4. The fraction of sp³-hybridized carbons (Fsp3) is 1.00. The van der Waals surface area contributed by atoms with Gasteiger partial charge in [-0.1, -0.05) is 35.2 Å². The minimum absolute atomic E-state index is 0.0243. The number of ether oxygens (including phenoxy) is 4. The van der Waals surface area contributed by atoms with Crippen molar-refractivity contribution in [2.24, 2.45) is 0 Å². The van der Waals surface area contributed by atoms with Crippen LogP contribution >= 0.6 is 15.9 Å². The lowest BCUT2D eigenvalue weighted by atomic mass is 10.1. The number of rotatable bonds is 19. The molecule has 0 rings (SSSR count). The highest BCUT2D eigenvalue weighted by molar-refractivity contribution is 9.09. The summed E-state index contributed by atoms with van der Waals surface area (Å²) in [4.78, 5) is 0. The topological polar surface area (TPSA) is 77.4 Å². The third-order valence-corrected chi connectivity index (χ3v) is 3.67. The first kappa shape index (κ1) is 23.2. The van der Waals surface area contributed by atoms with Gasteiger partial charge in [-0.05, 0) is 19.3 Å². The summed E-state index contributed by atoms with van der Waals surface area (Å²) in [6, 6.07) is 0. The molecule has 0 aromatic rings. The summed E-state index contributed by atoms with van der Waals surface area (Å²) in [6.45, 7) is 2.51. The van der Waals surface area contributed by atoms with E-state index in [-0.39, 0.29) is 19.5 Å². The van der Waals surface area contributed by atoms with Crippen LogP contribution in [0.3, 0.4) is 0 Å². The summed E-state index contributed by atoms with van der Waals surface area (Å²) in [6.07, 6.45) is 6.57. The number of hydrogen-bond donors (Lipinski definition) is 2. The van der Waals surface area contributed by atoms with Crippen LogP contribution in [-0.4, -0.2) is 74.7 Å². The number of aliphatic hydroxyl groups is 2. The largest absolute Gasteiger partial charge is 0.394 e. The highest BCUT2D eigenvalue weighted by atomic mass is 79.9. The molecule has 0 saturated carbocycles. The van der Waals surface area contributed by atoms with E-state index in [1.807, 2.05) is 0 Å². The molecule has 0 unspecified atom stereocenters. The van der Waals surface area contributed by atoms with Crippen molar-refractivity contribution in [3.05, 3.63) is 0 Å². The molecule has 0 aromatic carbocycles. The van der Waals surface area contributed by atoms with Gasteiger partial charge in [-0.3, -0.25) is 0 Å². The van der Waals surface area contributed by atoms with Crippen molar-refractivity contribution in [3.8, 4) is 0 Å². The van der Waals surface area contributed by atoms with Gasteiger partial charge < -0.3 is 29.2 Å². The molecular formula is C16H33BrO6. The van der Waals surface area contributed by atoms with E-state index in [4.69, 9.17) is 29.2 Å². The summed E-state index contributed by atoms with van der Waals surface area (Å²) in [5.41, 5.74) is 0. The second kappa shape index (κ2) is 20.3. The van der Waals surface area contributed by atoms with Gasteiger partial charge in [0.1, 0.15) is 0 Å². The molecule has 0 amide bonds. The fourth-order valence-electron chi connectivity index (χ4n) is 1.96. The standard InChI is InChI=1S/C16H33BrO6/c17-7-5-3-1-2-4-6-16(22-14-12-20-10-8-18)23-15-13-21-11-9-19/h16,18-19H,1-15H2. The van der Waals surface area contributed by atoms with E-state index >= 15 is 0 Å². The smallest absolute Gasteiger partial charge is 0.157 e. The maximum atomic E-state index is 8.64. The molecule has 0 atom stereocenters. The second-order valence-corrected chi connectivity index (χ2v) is 5.88. The van der Waals surface area contributed by atoms with Gasteiger partial charge in [0.25, 0.3) is 0 Å². The molecule has 0 saturated heterocycles. The third-order valence-electron chi connectivity index (χ3n) is 3.11. The Kier molecular flexibility index (Phi) is 20.5. The van der Waals surface area contributed by atoms with Gasteiger partial charge in [0.2, 0.25) is 0 Å². The monoisotopic (exact) mass is 400 g/mol. The molecule has 0 aliphatic rings. The van der Waals surface area contributed by atoms with E-state index in [2.05, 4.69) is 15.9 Å². The van der Waals surface area contributed by atoms with Crippen molar-refractivity contribution in [2.75, 3.05) is 58.2 Å². The van der Waals surface area contributed by atoms with Crippen LogP contribution in [0.25, 0.3) is 0 Å². The molecule has 2 N–H and O–H groups in total. The van der Waals surface area contributed by atoms with E-state index in [0.717, 1.165) is 18.2 Å². The van der Waals surface area contributed by atoms with Gasteiger partial charge >= 0.3 is 0 Å². The minimum Gasteiger partial charge on any atom is -0.394 e. The fourth-order valence-corrected chi connectivity index (χ4v) is 2.36. The molecule has 0 aromatic heterocycles. The molecule has 23 heavy (non-hydrogen) atoms. The molecular weight excluding hydrogens is 368 g/mol. The van der Waals surface area contributed by atoms with Crippen molar-refractivity contribution >= 4 is 15.9 Å². The van der Waals surface area contributed by atoms with Gasteiger partial charge in [-0.2, -0.15) is 0 Å². The van der Waals surface area contributed by atoms with E-state index in [1.165, 1.54) is 25.7 Å². The molecule has 0 fully saturated rings. The van der Waals surface area contributed by atoms with Crippen LogP contribution in [0.4, 0.5) is 0 Å². The van der Waals surface area contributed by atoms with Crippen molar-refractivity contribution in [2.45, 2.75) is 44.8 Å². The van der Waals surface area contributed by atoms with Gasteiger partial charge in [-0.25, -0.2) is 0 Å². The number of unbranched alkanes of at least 4 members (excludes halogenated alkanes) is 4. The van der Waals surface area contributed by atoms with Gasteiger partial charge in [-0.15, -0.1) is 0 Å². The normalized spacial score (nSPS) is 11.5. The Morgan fingerprint density at radius 3 is 1.70 bits per heavy atom. The summed E-state index contributed by atoms with van der Waals surface area (Å²) in [7, 11) is 0. The molecule has 0 bridgehead atoms. The maximum absolute atomic E-state index is 8.64. The van der Waals surface area contributed by atoms with Crippen LogP contribution in [0.5, 0.6) is 0 Å². The number of alkyl halides is 1. The Balaban J connectivity index is 3.73. The summed E-state index contributed by atoms with van der Waals surface area (Å²) in [5, 5.41) is 18.4. The summed E-state index contributed by atoms with van der Waals surface area (Å²) >= 11 is 3.44. The van der Waals surface area contributed by atoms with E-state index in [1.54, 1.807) is 0 Å². The van der Waals surface area contributed by atoms with E-state index in [0.29, 0.717) is 39.6 Å². The Labute approximate surface area is 148 Å². The number of hydrogen-bond acceptors (Lipinski definition) is 6. The SMILES string of the molecule is OCCOCCOC(CCCCCCCBr)OCCOCCO. The Hall–Kier alpha value is 0.240.